The standard InChI is InChI=1S/C22H18F3N3O3/c1-14(29)27-18-8-7-17(22(23,24)25)12-19(18)28-21(30)16-9-10-26-20(11-16)31-13-15-5-3-2-4-6-15/h2-12H,13H2,1H3,(H,27,29)(H,28,30). The van der Waals surface area contributed by atoms with E-state index < -0.39 is 23.6 Å². The van der Waals surface area contributed by atoms with Crippen LogP contribution in [-0.2, 0) is 17.6 Å². The molecule has 0 aliphatic carbocycles. The normalized spacial score (nSPS) is 11.0. The van der Waals surface area contributed by atoms with E-state index in [1.54, 1.807) is 0 Å². The summed E-state index contributed by atoms with van der Waals surface area (Å²) in [6.45, 7) is 1.45. The van der Waals surface area contributed by atoms with Gasteiger partial charge >= 0.3 is 6.18 Å². The summed E-state index contributed by atoms with van der Waals surface area (Å²) in [6.07, 6.45) is -3.25. The predicted molar refractivity (Wildman–Crippen MR) is 109 cm³/mol. The second-order valence-corrected chi connectivity index (χ2v) is 6.55. The third-order valence-corrected chi connectivity index (χ3v) is 4.13. The highest BCUT2D eigenvalue weighted by Gasteiger charge is 2.31. The predicted octanol–water partition coefficient (Wildman–Crippen LogP) is 4.89. The zero-order chi connectivity index (χ0) is 22.4. The quantitative estimate of drug-likeness (QED) is 0.585. The number of halogens is 3. The summed E-state index contributed by atoms with van der Waals surface area (Å²) in [4.78, 5) is 28.1. The lowest BCUT2D eigenvalue weighted by Crippen LogP contribution is -2.16. The number of rotatable bonds is 6. The minimum absolute atomic E-state index is 0.0449. The van der Waals surface area contributed by atoms with Crippen molar-refractivity contribution in [2.75, 3.05) is 10.6 Å². The number of aromatic nitrogens is 1. The summed E-state index contributed by atoms with van der Waals surface area (Å²) in [5.41, 5.74) is -0.0621. The number of hydrogen-bond donors (Lipinski definition) is 2. The molecule has 0 unspecified atom stereocenters. The van der Waals surface area contributed by atoms with Gasteiger partial charge in [-0.15, -0.1) is 0 Å². The van der Waals surface area contributed by atoms with Crippen molar-refractivity contribution < 1.29 is 27.5 Å². The molecule has 0 bridgehead atoms. The highest BCUT2D eigenvalue weighted by atomic mass is 19.4. The minimum atomic E-state index is -4.61. The maximum absolute atomic E-state index is 13.1. The summed E-state index contributed by atoms with van der Waals surface area (Å²) in [5, 5.41) is 4.81. The number of anilines is 2. The van der Waals surface area contributed by atoms with Crippen molar-refractivity contribution >= 4 is 23.2 Å². The van der Waals surface area contributed by atoms with Gasteiger partial charge < -0.3 is 15.4 Å². The van der Waals surface area contributed by atoms with Crippen LogP contribution >= 0.6 is 0 Å². The number of benzene rings is 2. The summed E-state index contributed by atoms with van der Waals surface area (Å²) < 4.78 is 44.8. The lowest BCUT2D eigenvalue weighted by atomic mass is 10.1. The summed E-state index contributed by atoms with van der Waals surface area (Å²) >= 11 is 0. The largest absolute Gasteiger partial charge is 0.473 e. The molecule has 160 valence electrons. The number of carbonyl (C=O) groups excluding carboxylic acids is 2. The Hall–Kier alpha value is -3.88. The van der Waals surface area contributed by atoms with Crippen molar-refractivity contribution in [1.29, 1.82) is 0 Å². The van der Waals surface area contributed by atoms with Crippen LogP contribution < -0.4 is 15.4 Å². The molecule has 0 saturated heterocycles. The van der Waals surface area contributed by atoms with E-state index in [0.29, 0.717) is 0 Å². The molecule has 0 fully saturated rings. The van der Waals surface area contributed by atoms with E-state index in [1.165, 1.54) is 25.3 Å². The van der Waals surface area contributed by atoms with Crippen LogP contribution in [0.15, 0.2) is 66.9 Å². The van der Waals surface area contributed by atoms with Gasteiger partial charge in [-0.1, -0.05) is 30.3 Å². The molecule has 1 heterocycles. The molecule has 9 heteroatoms. The smallest absolute Gasteiger partial charge is 0.416 e. The van der Waals surface area contributed by atoms with Crippen LogP contribution in [0.1, 0.15) is 28.4 Å². The van der Waals surface area contributed by atoms with E-state index in [9.17, 15) is 22.8 Å². The fourth-order valence-electron chi connectivity index (χ4n) is 2.68. The average Bonchev–Trinajstić information content (AvgIpc) is 2.73. The first-order valence-electron chi connectivity index (χ1n) is 9.15. The summed E-state index contributed by atoms with van der Waals surface area (Å²) in [7, 11) is 0. The first kappa shape index (κ1) is 21.8. The fourth-order valence-corrected chi connectivity index (χ4v) is 2.68. The third kappa shape index (κ3) is 6.05. The number of alkyl halides is 3. The van der Waals surface area contributed by atoms with Gasteiger partial charge in [0, 0.05) is 24.8 Å². The van der Waals surface area contributed by atoms with E-state index in [-0.39, 0.29) is 29.4 Å². The van der Waals surface area contributed by atoms with Crippen LogP contribution in [0.4, 0.5) is 24.5 Å². The van der Waals surface area contributed by atoms with E-state index in [0.717, 1.165) is 23.8 Å². The first-order valence-corrected chi connectivity index (χ1v) is 9.15. The molecule has 2 amide bonds. The second kappa shape index (κ2) is 9.29. The van der Waals surface area contributed by atoms with Crippen molar-refractivity contribution in [2.45, 2.75) is 19.7 Å². The molecule has 0 saturated carbocycles. The molecule has 1 aromatic heterocycles. The lowest BCUT2D eigenvalue weighted by Gasteiger charge is -2.15. The number of nitrogens with one attached hydrogen (secondary N) is 2. The Labute approximate surface area is 176 Å². The molecule has 0 spiro atoms. The number of carbonyl (C=O) groups is 2. The maximum Gasteiger partial charge on any atom is 0.416 e. The summed E-state index contributed by atoms with van der Waals surface area (Å²) in [5.74, 6) is -0.990. The molecule has 0 radical (unpaired) electrons. The van der Waals surface area contributed by atoms with Crippen molar-refractivity contribution in [3.05, 3.63) is 83.6 Å². The van der Waals surface area contributed by atoms with E-state index in [1.807, 2.05) is 30.3 Å². The zero-order valence-electron chi connectivity index (χ0n) is 16.4. The van der Waals surface area contributed by atoms with Gasteiger partial charge in [0.15, 0.2) is 0 Å². The van der Waals surface area contributed by atoms with Crippen LogP contribution in [0.25, 0.3) is 0 Å². The van der Waals surface area contributed by atoms with E-state index in [2.05, 4.69) is 15.6 Å². The van der Waals surface area contributed by atoms with E-state index >= 15 is 0 Å². The number of amides is 2. The van der Waals surface area contributed by atoms with Crippen molar-refractivity contribution in [3.63, 3.8) is 0 Å². The van der Waals surface area contributed by atoms with Gasteiger partial charge in [0.2, 0.25) is 11.8 Å². The Kier molecular flexibility index (Phi) is 6.54. The van der Waals surface area contributed by atoms with Gasteiger partial charge in [0.05, 0.1) is 16.9 Å². The molecule has 3 aromatic rings. The molecule has 0 aliphatic heterocycles. The monoisotopic (exact) mass is 429 g/mol. The molecule has 3 rings (SSSR count). The fraction of sp³-hybridized carbons (Fsp3) is 0.136. The van der Waals surface area contributed by atoms with Crippen molar-refractivity contribution in [2.24, 2.45) is 0 Å². The Morgan fingerprint density at radius 1 is 0.968 bits per heavy atom. The minimum Gasteiger partial charge on any atom is -0.473 e. The van der Waals surface area contributed by atoms with Gasteiger partial charge in [-0.2, -0.15) is 13.2 Å². The molecule has 0 atom stereocenters. The molecule has 6 nitrogen and oxygen atoms in total. The molecule has 0 aliphatic rings. The number of ether oxygens (including phenoxy) is 1. The van der Waals surface area contributed by atoms with Gasteiger partial charge in [0.25, 0.3) is 5.91 Å². The first-order chi connectivity index (χ1) is 14.7. The topological polar surface area (TPSA) is 80.3 Å². The van der Waals surface area contributed by atoms with Crippen LogP contribution in [0.2, 0.25) is 0 Å². The lowest BCUT2D eigenvalue weighted by molar-refractivity contribution is -0.137. The highest BCUT2D eigenvalue weighted by molar-refractivity contribution is 6.07. The van der Waals surface area contributed by atoms with E-state index in [4.69, 9.17) is 4.74 Å². The molecule has 31 heavy (non-hydrogen) atoms. The van der Waals surface area contributed by atoms with Crippen LogP contribution in [0.3, 0.4) is 0 Å². The molecular formula is C22H18F3N3O3. The van der Waals surface area contributed by atoms with Gasteiger partial charge in [0.1, 0.15) is 6.61 Å². The van der Waals surface area contributed by atoms with Gasteiger partial charge in [-0.3, -0.25) is 9.59 Å². The number of pyridine rings is 1. The molecular weight excluding hydrogens is 411 g/mol. The molecule has 2 aromatic carbocycles. The highest BCUT2D eigenvalue weighted by Crippen LogP contribution is 2.34. The van der Waals surface area contributed by atoms with Gasteiger partial charge in [-0.05, 0) is 29.8 Å². The Bertz CT molecular complexity index is 1090. The third-order valence-electron chi connectivity index (χ3n) is 4.13. The maximum atomic E-state index is 13.1. The zero-order valence-corrected chi connectivity index (χ0v) is 16.4. The van der Waals surface area contributed by atoms with Crippen LogP contribution in [-0.4, -0.2) is 16.8 Å². The Morgan fingerprint density at radius 2 is 1.71 bits per heavy atom. The SMILES string of the molecule is CC(=O)Nc1ccc(C(F)(F)F)cc1NC(=O)c1ccnc(OCc2ccccc2)c1. The summed E-state index contributed by atoms with van der Waals surface area (Å²) in [6, 6.07) is 14.8. The molecule has 2 N–H and O–H groups in total. The van der Waals surface area contributed by atoms with Gasteiger partial charge in [-0.25, -0.2) is 4.98 Å². The van der Waals surface area contributed by atoms with Crippen LogP contribution in [0.5, 0.6) is 5.88 Å². The van der Waals surface area contributed by atoms with Crippen molar-refractivity contribution in [1.82, 2.24) is 4.98 Å². The average molecular weight is 429 g/mol. The Balaban J connectivity index is 1.79. The number of nitrogens with zero attached hydrogens (tertiary/aromatic N) is 1. The van der Waals surface area contributed by atoms with Crippen LogP contribution in [0, 0.1) is 0 Å². The Morgan fingerprint density at radius 3 is 2.39 bits per heavy atom. The second-order valence-electron chi connectivity index (χ2n) is 6.55. The van der Waals surface area contributed by atoms with Crippen molar-refractivity contribution in [3.8, 4) is 5.88 Å². The number of hydrogen-bond acceptors (Lipinski definition) is 4.